The smallest absolute Gasteiger partial charge is 0.411 e. The number of ether oxygens (including phenoxy) is 2. The highest BCUT2D eigenvalue weighted by Gasteiger charge is 2.31. The highest BCUT2D eigenvalue weighted by molar-refractivity contribution is 6.03. The molecule has 11 nitrogen and oxygen atoms in total. The molecule has 1 atom stereocenters. The van der Waals surface area contributed by atoms with E-state index in [2.05, 4.69) is 10.6 Å². The molecule has 1 heterocycles. The number of hydrogen-bond acceptors (Lipinski definition) is 6. The van der Waals surface area contributed by atoms with Crippen LogP contribution in [0, 0.1) is 6.92 Å². The van der Waals surface area contributed by atoms with Crippen LogP contribution in [0.2, 0.25) is 0 Å². The fraction of sp³-hybridized carbons (Fsp3) is 0.312. The maximum Gasteiger partial charge on any atom is 0.411 e. The molecule has 1 unspecified atom stereocenters. The van der Waals surface area contributed by atoms with Crippen molar-refractivity contribution in [1.82, 2.24) is 0 Å². The number of fused-ring (bicyclic) bond motifs is 1. The van der Waals surface area contributed by atoms with Gasteiger partial charge in [0.1, 0.15) is 5.75 Å². The van der Waals surface area contributed by atoms with Gasteiger partial charge in [0.2, 0.25) is 5.91 Å². The van der Waals surface area contributed by atoms with Crippen molar-refractivity contribution in [2.75, 3.05) is 47.2 Å². The number of carbonyl (C=O) groups is 4. The summed E-state index contributed by atoms with van der Waals surface area (Å²) in [6.45, 7) is 6.08. The van der Waals surface area contributed by atoms with Gasteiger partial charge < -0.3 is 30.1 Å². The molecule has 4 amide bonds. The van der Waals surface area contributed by atoms with Crippen LogP contribution in [0.25, 0.3) is 0 Å². The van der Waals surface area contributed by atoms with Crippen LogP contribution >= 0.6 is 0 Å². The number of methoxy groups -OCH3 is 1. The first-order chi connectivity index (χ1) is 20.6. The number of aryl methyl sites for hydroxylation is 1. The average Bonchev–Trinajstić information content (AvgIpc) is 2.98. The van der Waals surface area contributed by atoms with Crippen molar-refractivity contribution in [1.29, 1.82) is 0 Å². The van der Waals surface area contributed by atoms with E-state index in [1.165, 1.54) is 12.0 Å². The van der Waals surface area contributed by atoms with E-state index in [-0.39, 0.29) is 50.3 Å². The van der Waals surface area contributed by atoms with Gasteiger partial charge in [0.25, 0.3) is 0 Å². The molecule has 226 valence electrons. The zero-order chi connectivity index (χ0) is 31.1. The maximum absolute atomic E-state index is 13.5. The van der Waals surface area contributed by atoms with Crippen LogP contribution in [0.5, 0.6) is 5.75 Å². The highest BCUT2D eigenvalue weighted by atomic mass is 16.5. The molecule has 1 aliphatic rings. The lowest BCUT2D eigenvalue weighted by molar-refractivity contribution is -0.143. The average molecular weight is 589 g/mol. The number of carbonyl (C=O) groups excluding carboxylic acids is 3. The van der Waals surface area contributed by atoms with Crippen LogP contribution in [0.1, 0.15) is 42.9 Å². The van der Waals surface area contributed by atoms with Gasteiger partial charge >= 0.3 is 18.1 Å². The zero-order valence-corrected chi connectivity index (χ0v) is 24.7. The third-order valence-electron chi connectivity index (χ3n) is 7.27. The minimum Gasteiger partial charge on any atom is -0.495 e. The molecule has 4 rings (SSSR count). The Bertz CT molecular complexity index is 1520. The third kappa shape index (κ3) is 7.42. The summed E-state index contributed by atoms with van der Waals surface area (Å²) in [7, 11) is 1.48. The van der Waals surface area contributed by atoms with Crippen LogP contribution < -0.4 is 25.2 Å². The quantitative estimate of drug-likeness (QED) is 0.270. The highest BCUT2D eigenvalue weighted by Crippen LogP contribution is 2.37. The first-order valence-corrected chi connectivity index (χ1v) is 14.0. The summed E-state index contributed by atoms with van der Waals surface area (Å²) >= 11 is 0. The van der Waals surface area contributed by atoms with E-state index in [9.17, 15) is 24.3 Å². The normalized spacial score (nSPS) is 13.0. The van der Waals surface area contributed by atoms with Gasteiger partial charge in [-0.15, -0.1) is 0 Å². The molecule has 0 fully saturated rings. The lowest BCUT2D eigenvalue weighted by Gasteiger charge is -2.36. The van der Waals surface area contributed by atoms with Crippen LogP contribution in [-0.4, -0.2) is 55.9 Å². The summed E-state index contributed by atoms with van der Waals surface area (Å²) in [5.74, 6) is -0.368. The van der Waals surface area contributed by atoms with Crippen molar-refractivity contribution in [2.45, 2.75) is 39.5 Å². The number of nitrogens with one attached hydrogen (secondary N) is 2. The molecule has 3 N–H and O–H groups in total. The van der Waals surface area contributed by atoms with E-state index in [4.69, 9.17) is 9.47 Å². The largest absolute Gasteiger partial charge is 0.495 e. The molecule has 0 saturated heterocycles. The predicted molar refractivity (Wildman–Crippen MR) is 164 cm³/mol. The Hall–Kier alpha value is -5.06. The molecule has 3 aromatic rings. The van der Waals surface area contributed by atoms with E-state index in [0.717, 1.165) is 11.1 Å². The number of para-hydroxylation sites is 1. The van der Waals surface area contributed by atoms with Crippen molar-refractivity contribution in [3.05, 3.63) is 77.4 Å². The van der Waals surface area contributed by atoms with Gasteiger partial charge in [0.05, 0.1) is 43.6 Å². The molecule has 0 aromatic heterocycles. The standard InChI is InChI=1S/C32H36N4O7/c1-5-43-30(38)16-21(3)23-11-13-26-27(19-23)36(32(40)41)15-14-35(26)29(37)18-22-10-12-25(28(17-22)42-4)34-31(39)33-24-9-7-6-8-20(24)2/h6-13,17,19,21H,5,14-16,18H2,1-4H3,(H,40,41)(H2,33,34,39). The number of nitrogens with zero attached hydrogens (tertiary/aromatic N) is 2. The fourth-order valence-electron chi connectivity index (χ4n) is 4.99. The minimum atomic E-state index is -1.12. The van der Waals surface area contributed by atoms with Crippen molar-refractivity contribution in [3.8, 4) is 5.75 Å². The number of hydrogen-bond donors (Lipinski definition) is 3. The van der Waals surface area contributed by atoms with Gasteiger partial charge in [-0.3, -0.25) is 14.5 Å². The van der Waals surface area contributed by atoms with Gasteiger partial charge in [-0.25, -0.2) is 9.59 Å². The molecule has 0 spiro atoms. The predicted octanol–water partition coefficient (Wildman–Crippen LogP) is 5.78. The maximum atomic E-state index is 13.5. The van der Waals surface area contributed by atoms with E-state index < -0.39 is 12.1 Å². The first kappa shape index (κ1) is 30.9. The van der Waals surface area contributed by atoms with Crippen molar-refractivity contribution >= 4 is 46.8 Å². The van der Waals surface area contributed by atoms with E-state index in [1.807, 2.05) is 32.0 Å². The molecular formula is C32H36N4O7. The molecule has 1 aliphatic heterocycles. The van der Waals surface area contributed by atoms with Crippen LogP contribution in [0.3, 0.4) is 0 Å². The Morgan fingerprint density at radius 1 is 0.930 bits per heavy atom. The number of rotatable bonds is 9. The number of esters is 1. The lowest BCUT2D eigenvalue weighted by Crippen LogP contribution is -2.46. The monoisotopic (exact) mass is 588 g/mol. The Labute approximate surface area is 250 Å². The Kier molecular flexibility index (Phi) is 9.87. The minimum absolute atomic E-state index is 0.0274. The van der Waals surface area contributed by atoms with Gasteiger partial charge in [-0.2, -0.15) is 0 Å². The van der Waals surface area contributed by atoms with Crippen LogP contribution in [0.15, 0.2) is 60.7 Å². The lowest BCUT2D eigenvalue weighted by atomic mass is 9.95. The Balaban J connectivity index is 1.50. The number of amides is 4. The van der Waals surface area contributed by atoms with Crippen LogP contribution in [-0.2, 0) is 20.7 Å². The molecule has 0 aliphatic carbocycles. The number of urea groups is 1. The summed E-state index contributed by atoms with van der Waals surface area (Å²) in [6.07, 6.45) is -0.940. The summed E-state index contributed by atoms with van der Waals surface area (Å²) < 4.78 is 10.5. The zero-order valence-electron chi connectivity index (χ0n) is 24.7. The summed E-state index contributed by atoms with van der Waals surface area (Å²) in [5, 5.41) is 15.4. The summed E-state index contributed by atoms with van der Waals surface area (Å²) in [5.41, 5.74) is 4.34. The molecule has 0 radical (unpaired) electrons. The Morgan fingerprint density at radius 3 is 2.35 bits per heavy atom. The number of anilines is 4. The molecule has 43 heavy (non-hydrogen) atoms. The second kappa shape index (κ2) is 13.7. The van der Waals surface area contributed by atoms with Gasteiger partial charge in [0.15, 0.2) is 0 Å². The van der Waals surface area contributed by atoms with Gasteiger partial charge in [-0.1, -0.05) is 37.3 Å². The second-order valence-corrected chi connectivity index (χ2v) is 10.2. The van der Waals surface area contributed by atoms with Crippen LogP contribution in [0.4, 0.5) is 32.3 Å². The second-order valence-electron chi connectivity index (χ2n) is 10.2. The van der Waals surface area contributed by atoms with Crippen molar-refractivity contribution < 1.29 is 33.8 Å². The van der Waals surface area contributed by atoms with Crippen molar-refractivity contribution in [3.63, 3.8) is 0 Å². The SMILES string of the molecule is CCOC(=O)CC(C)c1ccc2c(c1)N(C(=O)O)CCN2C(=O)Cc1ccc(NC(=O)Nc2ccccc2C)c(OC)c1. The fourth-order valence-corrected chi connectivity index (χ4v) is 4.99. The molecule has 0 bridgehead atoms. The summed E-state index contributed by atoms with van der Waals surface area (Å²) in [6, 6.07) is 17.3. The molecule has 11 heteroatoms. The van der Waals surface area contributed by atoms with Gasteiger partial charge in [0, 0.05) is 18.8 Å². The molecule has 0 saturated carbocycles. The molecule has 3 aromatic carbocycles. The van der Waals surface area contributed by atoms with Gasteiger partial charge in [-0.05, 0) is 66.8 Å². The van der Waals surface area contributed by atoms with Crippen molar-refractivity contribution in [2.24, 2.45) is 0 Å². The van der Waals surface area contributed by atoms with E-state index in [1.54, 1.807) is 54.3 Å². The Morgan fingerprint density at radius 2 is 1.65 bits per heavy atom. The number of benzene rings is 3. The molecular weight excluding hydrogens is 552 g/mol. The topological polar surface area (TPSA) is 138 Å². The summed E-state index contributed by atoms with van der Waals surface area (Å²) in [4.78, 5) is 52.9. The number of carboxylic acid groups (broad SMARTS) is 1. The van der Waals surface area contributed by atoms with E-state index >= 15 is 0 Å². The van der Waals surface area contributed by atoms with E-state index in [0.29, 0.717) is 34.1 Å². The first-order valence-electron chi connectivity index (χ1n) is 14.0. The third-order valence-corrected chi connectivity index (χ3v) is 7.27.